The first-order valence-electron chi connectivity index (χ1n) is 8.32. The van der Waals surface area contributed by atoms with Crippen molar-refractivity contribution in [3.63, 3.8) is 0 Å². The van der Waals surface area contributed by atoms with E-state index in [1.807, 2.05) is 43.3 Å². The summed E-state index contributed by atoms with van der Waals surface area (Å²) >= 11 is 0. The molecule has 0 bridgehead atoms. The molecule has 3 nitrogen and oxygen atoms in total. The van der Waals surface area contributed by atoms with E-state index in [0.717, 1.165) is 24.2 Å². The van der Waals surface area contributed by atoms with E-state index >= 15 is 0 Å². The van der Waals surface area contributed by atoms with Gasteiger partial charge in [0.05, 0.1) is 6.54 Å². The molecule has 0 fully saturated rings. The Labute approximate surface area is 137 Å². The Morgan fingerprint density at radius 3 is 2.74 bits per heavy atom. The molecule has 0 radical (unpaired) electrons. The van der Waals surface area contributed by atoms with Gasteiger partial charge in [-0.1, -0.05) is 18.2 Å². The van der Waals surface area contributed by atoms with Gasteiger partial charge in [-0.2, -0.15) is 0 Å². The van der Waals surface area contributed by atoms with Crippen molar-refractivity contribution in [2.75, 3.05) is 13.2 Å². The first kappa shape index (κ1) is 15.6. The second-order valence-corrected chi connectivity index (χ2v) is 6.11. The summed E-state index contributed by atoms with van der Waals surface area (Å²) in [5.74, 6) is 0.819. The number of nitrogens with one attached hydrogen (secondary N) is 1. The molecule has 0 saturated carbocycles. The molecule has 1 amide bonds. The van der Waals surface area contributed by atoms with Crippen LogP contribution in [0.5, 0.6) is 5.75 Å². The van der Waals surface area contributed by atoms with E-state index in [0.29, 0.717) is 13.2 Å². The highest BCUT2D eigenvalue weighted by molar-refractivity contribution is 5.94. The average molecular weight is 309 g/mol. The monoisotopic (exact) mass is 309 g/mol. The molecule has 2 aromatic carbocycles. The molecule has 120 valence electrons. The van der Waals surface area contributed by atoms with Crippen LogP contribution in [0, 0.1) is 6.92 Å². The molecule has 1 aliphatic carbocycles. The fourth-order valence-electron chi connectivity index (χ4n) is 3.02. The zero-order chi connectivity index (χ0) is 16.1. The van der Waals surface area contributed by atoms with Gasteiger partial charge in [-0.15, -0.1) is 0 Å². The SMILES string of the molecule is Cc1cccc(OCCNC(=O)c2ccc3c(c2)CCCC3)c1. The highest BCUT2D eigenvalue weighted by Gasteiger charge is 2.12. The largest absolute Gasteiger partial charge is 0.492 e. The second kappa shape index (κ2) is 7.32. The quantitative estimate of drug-likeness (QED) is 0.856. The summed E-state index contributed by atoms with van der Waals surface area (Å²) in [5.41, 5.74) is 4.65. The van der Waals surface area contributed by atoms with Crippen molar-refractivity contribution < 1.29 is 9.53 Å². The number of rotatable bonds is 5. The maximum Gasteiger partial charge on any atom is 0.251 e. The highest BCUT2D eigenvalue weighted by atomic mass is 16.5. The van der Waals surface area contributed by atoms with Gasteiger partial charge in [-0.25, -0.2) is 0 Å². The van der Waals surface area contributed by atoms with Crippen molar-refractivity contribution in [2.24, 2.45) is 0 Å². The smallest absolute Gasteiger partial charge is 0.251 e. The molecule has 0 saturated heterocycles. The van der Waals surface area contributed by atoms with Gasteiger partial charge >= 0.3 is 0 Å². The van der Waals surface area contributed by atoms with E-state index in [2.05, 4.69) is 11.4 Å². The van der Waals surface area contributed by atoms with E-state index < -0.39 is 0 Å². The molecule has 0 atom stereocenters. The molecular formula is C20H23NO2. The number of carbonyl (C=O) groups excluding carboxylic acids is 1. The third-order valence-corrected chi connectivity index (χ3v) is 4.26. The summed E-state index contributed by atoms with van der Waals surface area (Å²) < 4.78 is 5.65. The van der Waals surface area contributed by atoms with E-state index in [1.54, 1.807) is 0 Å². The number of hydrogen-bond donors (Lipinski definition) is 1. The van der Waals surface area contributed by atoms with Gasteiger partial charge in [0.2, 0.25) is 0 Å². The van der Waals surface area contributed by atoms with E-state index in [4.69, 9.17) is 4.74 Å². The summed E-state index contributed by atoms with van der Waals surface area (Å²) in [7, 11) is 0. The molecule has 2 aromatic rings. The van der Waals surface area contributed by atoms with Gasteiger partial charge in [-0.05, 0) is 73.6 Å². The van der Waals surface area contributed by atoms with Crippen molar-refractivity contribution in [1.29, 1.82) is 0 Å². The Morgan fingerprint density at radius 2 is 1.91 bits per heavy atom. The molecule has 3 heteroatoms. The van der Waals surface area contributed by atoms with Crippen LogP contribution in [0.3, 0.4) is 0 Å². The lowest BCUT2D eigenvalue weighted by Crippen LogP contribution is -2.28. The Morgan fingerprint density at radius 1 is 1.09 bits per heavy atom. The third kappa shape index (κ3) is 4.13. The third-order valence-electron chi connectivity index (χ3n) is 4.26. The zero-order valence-corrected chi connectivity index (χ0v) is 13.6. The predicted molar refractivity (Wildman–Crippen MR) is 92.1 cm³/mol. The fraction of sp³-hybridized carbons (Fsp3) is 0.350. The minimum Gasteiger partial charge on any atom is -0.492 e. The van der Waals surface area contributed by atoms with Crippen molar-refractivity contribution in [1.82, 2.24) is 5.32 Å². The number of hydrogen-bond acceptors (Lipinski definition) is 2. The normalized spacial score (nSPS) is 13.3. The van der Waals surface area contributed by atoms with Gasteiger partial charge in [0, 0.05) is 5.56 Å². The lowest BCUT2D eigenvalue weighted by molar-refractivity contribution is 0.0947. The predicted octanol–water partition coefficient (Wildman–Crippen LogP) is 3.68. The number of amides is 1. The first-order chi connectivity index (χ1) is 11.2. The highest BCUT2D eigenvalue weighted by Crippen LogP contribution is 2.22. The maximum absolute atomic E-state index is 12.2. The summed E-state index contributed by atoms with van der Waals surface area (Å²) in [4.78, 5) is 12.2. The Hall–Kier alpha value is -2.29. The lowest BCUT2D eigenvalue weighted by Gasteiger charge is -2.16. The van der Waals surface area contributed by atoms with Crippen LogP contribution in [0.4, 0.5) is 0 Å². The number of aryl methyl sites for hydroxylation is 3. The molecule has 0 unspecified atom stereocenters. The minimum absolute atomic E-state index is 0.0220. The molecule has 1 aliphatic rings. The van der Waals surface area contributed by atoms with Gasteiger partial charge in [0.25, 0.3) is 5.91 Å². The molecule has 0 heterocycles. The number of benzene rings is 2. The fourth-order valence-corrected chi connectivity index (χ4v) is 3.02. The number of fused-ring (bicyclic) bond motifs is 1. The number of carbonyl (C=O) groups is 1. The van der Waals surface area contributed by atoms with Crippen LogP contribution in [0.25, 0.3) is 0 Å². The molecule has 0 spiro atoms. The Bertz CT molecular complexity index is 694. The van der Waals surface area contributed by atoms with Gasteiger partial charge in [0.15, 0.2) is 0 Å². The van der Waals surface area contributed by atoms with Gasteiger partial charge in [0.1, 0.15) is 12.4 Å². The Balaban J connectivity index is 1.49. The molecule has 23 heavy (non-hydrogen) atoms. The van der Waals surface area contributed by atoms with Crippen LogP contribution >= 0.6 is 0 Å². The van der Waals surface area contributed by atoms with E-state index in [1.165, 1.54) is 29.5 Å². The zero-order valence-electron chi connectivity index (χ0n) is 13.6. The molecule has 1 N–H and O–H groups in total. The van der Waals surface area contributed by atoms with Gasteiger partial charge < -0.3 is 10.1 Å². The summed E-state index contributed by atoms with van der Waals surface area (Å²) in [6, 6.07) is 14.0. The van der Waals surface area contributed by atoms with E-state index in [-0.39, 0.29) is 5.91 Å². The van der Waals surface area contributed by atoms with Crippen LogP contribution in [0.1, 0.15) is 39.9 Å². The second-order valence-electron chi connectivity index (χ2n) is 6.11. The van der Waals surface area contributed by atoms with Gasteiger partial charge in [-0.3, -0.25) is 4.79 Å². The van der Waals surface area contributed by atoms with Crippen molar-refractivity contribution >= 4 is 5.91 Å². The maximum atomic E-state index is 12.2. The summed E-state index contributed by atoms with van der Waals surface area (Å²) in [5, 5.41) is 2.93. The van der Waals surface area contributed by atoms with Crippen LogP contribution in [0.15, 0.2) is 42.5 Å². The molecular weight excluding hydrogens is 286 g/mol. The standard InChI is InChI=1S/C20H23NO2/c1-15-5-4-8-19(13-15)23-12-11-21-20(22)18-10-9-16-6-2-3-7-17(16)14-18/h4-5,8-10,13-14H,2-3,6-7,11-12H2,1H3,(H,21,22). The summed E-state index contributed by atoms with van der Waals surface area (Å²) in [6.07, 6.45) is 4.71. The summed E-state index contributed by atoms with van der Waals surface area (Å²) in [6.45, 7) is 3.01. The molecule has 0 aliphatic heterocycles. The van der Waals surface area contributed by atoms with Crippen LogP contribution in [-0.4, -0.2) is 19.1 Å². The number of ether oxygens (including phenoxy) is 1. The topological polar surface area (TPSA) is 38.3 Å². The molecule has 0 aromatic heterocycles. The van der Waals surface area contributed by atoms with Crippen molar-refractivity contribution in [3.05, 3.63) is 64.7 Å². The van der Waals surface area contributed by atoms with Crippen LogP contribution in [-0.2, 0) is 12.8 Å². The van der Waals surface area contributed by atoms with Crippen molar-refractivity contribution in [3.8, 4) is 5.75 Å². The lowest BCUT2D eigenvalue weighted by atomic mass is 9.90. The Kier molecular flexibility index (Phi) is 4.96. The van der Waals surface area contributed by atoms with Crippen LogP contribution in [0.2, 0.25) is 0 Å². The minimum atomic E-state index is -0.0220. The van der Waals surface area contributed by atoms with Crippen LogP contribution < -0.4 is 10.1 Å². The van der Waals surface area contributed by atoms with Crippen molar-refractivity contribution in [2.45, 2.75) is 32.6 Å². The average Bonchev–Trinajstić information content (AvgIpc) is 2.58. The van der Waals surface area contributed by atoms with E-state index in [9.17, 15) is 4.79 Å². The molecule has 3 rings (SSSR count). The first-order valence-corrected chi connectivity index (χ1v) is 8.32.